The maximum absolute atomic E-state index is 13.0. The lowest BCUT2D eigenvalue weighted by molar-refractivity contribution is -0.132. The van der Waals surface area contributed by atoms with Crippen molar-refractivity contribution in [2.24, 2.45) is 0 Å². The lowest BCUT2D eigenvalue weighted by Gasteiger charge is -2.34. The fourth-order valence-corrected chi connectivity index (χ4v) is 5.26. The van der Waals surface area contributed by atoms with Gasteiger partial charge in [0.05, 0.1) is 12.0 Å². The average molecular weight is 499 g/mol. The van der Waals surface area contributed by atoms with Gasteiger partial charge in [0.2, 0.25) is 27.6 Å². The Labute approximate surface area is 203 Å². The summed E-state index contributed by atoms with van der Waals surface area (Å²) in [6.45, 7) is 2.32. The molecule has 0 unspecified atom stereocenters. The van der Waals surface area contributed by atoms with Crippen LogP contribution in [0.2, 0.25) is 0 Å². The Bertz CT molecular complexity index is 1310. The van der Waals surface area contributed by atoms with Gasteiger partial charge in [0.25, 0.3) is 0 Å². The number of ether oxygens (including phenoxy) is 1. The summed E-state index contributed by atoms with van der Waals surface area (Å²) in [4.78, 5) is 30.4. The number of piperazine rings is 1. The average Bonchev–Trinajstić information content (AvgIpc) is 3.36. The number of aromatic nitrogens is 2. The monoisotopic (exact) mass is 498 g/mol. The van der Waals surface area contributed by atoms with E-state index < -0.39 is 10.0 Å². The number of aryl methyl sites for hydroxylation is 1. The van der Waals surface area contributed by atoms with Gasteiger partial charge in [0.1, 0.15) is 5.75 Å². The van der Waals surface area contributed by atoms with Crippen molar-refractivity contribution in [1.29, 1.82) is 0 Å². The molecule has 0 aliphatic carbocycles. The van der Waals surface area contributed by atoms with Crippen LogP contribution in [0.4, 0.5) is 0 Å². The Balaban J connectivity index is 1.30. The molecule has 1 aliphatic rings. The Kier molecular flexibility index (Phi) is 7.27. The minimum atomic E-state index is -3.75. The van der Waals surface area contributed by atoms with Crippen LogP contribution in [0.25, 0.3) is 11.4 Å². The lowest BCUT2D eigenvalue weighted by Crippen LogP contribution is -2.50. The van der Waals surface area contributed by atoms with Crippen LogP contribution in [0.5, 0.6) is 5.75 Å². The first-order chi connectivity index (χ1) is 16.8. The van der Waals surface area contributed by atoms with Gasteiger partial charge in [-0.1, -0.05) is 17.3 Å². The molecule has 1 aliphatic heterocycles. The third kappa shape index (κ3) is 5.57. The number of hydrogen-bond donors (Lipinski definition) is 0. The van der Waals surface area contributed by atoms with Crippen molar-refractivity contribution in [3.05, 3.63) is 60.0 Å². The number of Topliss-reactive ketones (excluding diaryl/α,β-unsaturated/α-hetero) is 1. The van der Waals surface area contributed by atoms with Crippen molar-refractivity contribution in [2.75, 3.05) is 33.3 Å². The number of amides is 1. The Morgan fingerprint density at radius 1 is 1.06 bits per heavy atom. The molecule has 0 bridgehead atoms. The molecule has 1 fully saturated rings. The van der Waals surface area contributed by atoms with Crippen molar-refractivity contribution in [2.45, 2.75) is 24.7 Å². The number of hydrogen-bond acceptors (Lipinski definition) is 8. The first kappa shape index (κ1) is 24.6. The standard InChI is InChI=1S/C24H26N4O6S/c1-17(29)19-4-3-5-21(16-19)35(31,32)28-14-12-27(13-15-28)23(30)11-10-22-25-24(26-34-22)18-6-8-20(33-2)9-7-18/h3-9,16H,10-15H2,1-2H3. The van der Waals surface area contributed by atoms with Gasteiger partial charge in [-0.05, 0) is 43.3 Å². The molecule has 11 heteroatoms. The molecule has 1 saturated heterocycles. The van der Waals surface area contributed by atoms with E-state index in [0.717, 1.165) is 11.3 Å². The first-order valence-corrected chi connectivity index (χ1v) is 12.6. The second-order valence-electron chi connectivity index (χ2n) is 8.11. The molecule has 0 radical (unpaired) electrons. The number of benzene rings is 2. The molecule has 2 aromatic carbocycles. The largest absolute Gasteiger partial charge is 0.497 e. The topological polar surface area (TPSA) is 123 Å². The van der Waals surface area contributed by atoms with Crippen molar-refractivity contribution >= 4 is 21.7 Å². The molecule has 1 aromatic heterocycles. The van der Waals surface area contributed by atoms with E-state index in [1.807, 2.05) is 12.1 Å². The van der Waals surface area contributed by atoms with Gasteiger partial charge in [0.15, 0.2) is 5.78 Å². The molecule has 0 N–H and O–H groups in total. The summed E-state index contributed by atoms with van der Waals surface area (Å²) < 4.78 is 37.7. The van der Waals surface area contributed by atoms with E-state index in [4.69, 9.17) is 9.26 Å². The number of rotatable bonds is 8. The van der Waals surface area contributed by atoms with E-state index in [1.165, 1.54) is 23.4 Å². The van der Waals surface area contributed by atoms with E-state index in [1.54, 1.807) is 36.3 Å². The number of ketones is 1. The first-order valence-electron chi connectivity index (χ1n) is 11.1. The quantitative estimate of drug-likeness (QED) is 0.434. The van der Waals surface area contributed by atoms with Crippen molar-refractivity contribution in [3.8, 4) is 17.1 Å². The minimum Gasteiger partial charge on any atom is -0.497 e. The van der Waals surface area contributed by atoms with Gasteiger partial charge >= 0.3 is 0 Å². The number of methoxy groups -OCH3 is 1. The highest BCUT2D eigenvalue weighted by atomic mass is 32.2. The minimum absolute atomic E-state index is 0.0778. The molecular weight excluding hydrogens is 472 g/mol. The van der Waals surface area contributed by atoms with Gasteiger partial charge in [-0.3, -0.25) is 9.59 Å². The van der Waals surface area contributed by atoms with E-state index >= 15 is 0 Å². The zero-order chi connectivity index (χ0) is 25.0. The summed E-state index contributed by atoms with van der Waals surface area (Å²) in [6.07, 6.45) is 0.468. The van der Waals surface area contributed by atoms with E-state index in [9.17, 15) is 18.0 Å². The van der Waals surface area contributed by atoms with Crippen molar-refractivity contribution in [1.82, 2.24) is 19.3 Å². The summed E-state index contributed by atoms with van der Waals surface area (Å²) in [7, 11) is -2.16. The van der Waals surface area contributed by atoms with Crippen LogP contribution in [0.1, 0.15) is 29.6 Å². The van der Waals surface area contributed by atoms with Gasteiger partial charge in [-0.15, -0.1) is 0 Å². The van der Waals surface area contributed by atoms with Crippen LogP contribution < -0.4 is 4.74 Å². The number of nitrogens with zero attached hydrogens (tertiary/aromatic N) is 4. The predicted octanol–water partition coefficient (Wildman–Crippen LogP) is 2.41. The Hall–Kier alpha value is -3.57. The summed E-state index contributed by atoms with van der Waals surface area (Å²) in [5.41, 5.74) is 1.12. The van der Waals surface area contributed by atoms with Crippen molar-refractivity contribution in [3.63, 3.8) is 0 Å². The molecule has 2 heterocycles. The molecular formula is C24H26N4O6S. The third-order valence-corrected chi connectivity index (χ3v) is 7.73. The SMILES string of the molecule is COc1ccc(-c2noc(CCC(=O)N3CCN(S(=O)(=O)c4cccc(C(C)=O)c4)CC3)n2)cc1. The molecule has 1 amide bonds. The predicted molar refractivity (Wildman–Crippen MR) is 126 cm³/mol. The zero-order valence-corrected chi connectivity index (χ0v) is 20.3. The molecule has 3 aromatic rings. The lowest BCUT2D eigenvalue weighted by atomic mass is 10.2. The zero-order valence-electron chi connectivity index (χ0n) is 19.5. The summed E-state index contributed by atoms with van der Waals surface area (Å²) in [5, 5.41) is 3.97. The van der Waals surface area contributed by atoms with E-state index in [-0.39, 0.29) is 49.2 Å². The normalized spacial score (nSPS) is 14.6. The van der Waals surface area contributed by atoms with Gasteiger partial charge in [-0.2, -0.15) is 9.29 Å². The van der Waals surface area contributed by atoms with Crippen LogP contribution in [-0.2, 0) is 21.2 Å². The number of carbonyl (C=O) groups is 2. The fourth-order valence-electron chi connectivity index (χ4n) is 3.79. The second-order valence-corrected chi connectivity index (χ2v) is 10.0. The third-order valence-electron chi connectivity index (χ3n) is 5.84. The highest BCUT2D eigenvalue weighted by Gasteiger charge is 2.30. The molecule has 0 atom stereocenters. The van der Waals surface area contributed by atoms with Crippen LogP contribution >= 0.6 is 0 Å². The number of sulfonamides is 1. The molecule has 184 valence electrons. The van der Waals surface area contributed by atoms with Crippen molar-refractivity contribution < 1.29 is 27.3 Å². The van der Waals surface area contributed by atoms with E-state index in [2.05, 4.69) is 10.1 Å². The molecule has 10 nitrogen and oxygen atoms in total. The molecule has 0 saturated carbocycles. The summed E-state index contributed by atoms with van der Waals surface area (Å²) in [5.74, 6) is 1.21. The van der Waals surface area contributed by atoms with Crippen LogP contribution in [-0.4, -0.2) is 72.7 Å². The molecule has 4 rings (SSSR count). The van der Waals surface area contributed by atoms with Crippen LogP contribution in [0.3, 0.4) is 0 Å². The van der Waals surface area contributed by atoms with Crippen LogP contribution in [0.15, 0.2) is 57.9 Å². The highest BCUT2D eigenvalue weighted by molar-refractivity contribution is 7.89. The van der Waals surface area contributed by atoms with Crippen LogP contribution in [0, 0.1) is 0 Å². The van der Waals surface area contributed by atoms with Gasteiger partial charge in [-0.25, -0.2) is 8.42 Å². The van der Waals surface area contributed by atoms with E-state index in [0.29, 0.717) is 23.7 Å². The number of carbonyl (C=O) groups excluding carboxylic acids is 2. The summed E-state index contributed by atoms with van der Waals surface area (Å²) in [6, 6.07) is 13.3. The fraction of sp³-hybridized carbons (Fsp3) is 0.333. The smallest absolute Gasteiger partial charge is 0.243 e. The second kappa shape index (κ2) is 10.4. The Morgan fingerprint density at radius 3 is 2.43 bits per heavy atom. The Morgan fingerprint density at radius 2 is 1.77 bits per heavy atom. The van der Waals surface area contributed by atoms with Gasteiger partial charge < -0.3 is 14.2 Å². The maximum Gasteiger partial charge on any atom is 0.243 e. The molecule has 0 spiro atoms. The maximum atomic E-state index is 13.0. The van der Waals surface area contributed by atoms with Gasteiger partial charge in [0, 0.05) is 50.1 Å². The molecule has 35 heavy (non-hydrogen) atoms. The summed E-state index contributed by atoms with van der Waals surface area (Å²) >= 11 is 0. The highest BCUT2D eigenvalue weighted by Crippen LogP contribution is 2.21.